The van der Waals surface area contributed by atoms with Crippen molar-refractivity contribution in [2.75, 3.05) is 24.5 Å². The van der Waals surface area contributed by atoms with Gasteiger partial charge >= 0.3 is 0 Å². The van der Waals surface area contributed by atoms with E-state index in [9.17, 15) is 0 Å². The van der Waals surface area contributed by atoms with Gasteiger partial charge in [0.05, 0.1) is 7.11 Å². The van der Waals surface area contributed by atoms with Crippen molar-refractivity contribution >= 4 is 11.6 Å². The Morgan fingerprint density at radius 1 is 1.29 bits per heavy atom. The fourth-order valence-corrected chi connectivity index (χ4v) is 2.08. The number of ether oxygens (including phenoxy) is 1. The van der Waals surface area contributed by atoms with Crippen LogP contribution in [-0.2, 0) is 13.0 Å². The SMILES string of the molecule is CCc1nc(NN)cc(N(C)Cc2ccccc2OC)n1. The number of nitrogens with two attached hydrogens (primary N) is 1. The molecule has 6 heteroatoms. The molecule has 1 aromatic heterocycles. The highest BCUT2D eigenvalue weighted by Crippen LogP contribution is 2.22. The Morgan fingerprint density at radius 2 is 2.05 bits per heavy atom. The number of hydrogen-bond acceptors (Lipinski definition) is 6. The molecule has 0 radical (unpaired) electrons. The second-order valence-electron chi connectivity index (χ2n) is 4.69. The Labute approximate surface area is 124 Å². The second-order valence-corrected chi connectivity index (χ2v) is 4.69. The van der Waals surface area contributed by atoms with E-state index in [0.717, 1.165) is 29.4 Å². The lowest BCUT2D eigenvalue weighted by Gasteiger charge is -2.20. The lowest BCUT2D eigenvalue weighted by Crippen LogP contribution is -2.20. The van der Waals surface area contributed by atoms with Gasteiger partial charge in [-0.05, 0) is 6.07 Å². The zero-order valence-electron chi connectivity index (χ0n) is 12.6. The number of aromatic nitrogens is 2. The Hall–Kier alpha value is -2.34. The molecule has 1 heterocycles. The summed E-state index contributed by atoms with van der Waals surface area (Å²) in [5.74, 6) is 8.52. The molecule has 6 nitrogen and oxygen atoms in total. The van der Waals surface area contributed by atoms with Crippen LogP contribution in [0.25, 0.3) is 0 Å². The quantitative estimate of drug-likeness (QED) is 0.625. The first kappa shape index (κ1) is 15.1. The average molecular weight is 287 g/mol. The van der Waals surface area contributed by atoms with Gasteiger partial charge in [-0.15, -0.1) is 0 Å². The number of para-hydroxylation sites is 1. The van der Waals surface area contributed by atoms with Crippen molar-refractivity contribution in [3.8, 4) is 5.75 Å². The Balaban J connectivity index is 2.25. The van der Waals surface area contributed by atoms with E-state index in [1.807, 2.05) is 49.2 Å². The predicted octanol–water partition coefficient (Wildman–Crippen LogP) is 1.97. The highest BCUT2D eigenvalue weighted by atomic mass is 16.5. The lowest BCUT2D eigenvalue weighted by molar-refractivity contribution is 0.409. The Kier molecular flexibility index (Phi) is 4.94. The van der Waals surface area contributed by atoms with Gasteiger partial charge in [0.2, 0.25) is 0 Å². The zero-order chi connectivity index (χ0) is 15.2. The summed E-state index contributed by atoms with van der Waals surface area (Å²) in [5.41, 5.74) is 3.68. The molecule has 0 bridgehead atoms. The number of methoxy groups -OCH3 is 1. The molecule has 0 saturated carbocycles. The van der Waals surface area contributed by atoms with Gasteiger partial charge in [0, 0.05) is 31.6 Å². The number of hydrazine groups is 1. The summed E-state index contributed by atoms with van der Waals surface area (Å²) in [6, 6.07) is 9.77. The maximum atomic E-state index is 5.46. The molecule has 0 atom stereocenters. The molecule has 2 aromatic rings. The first-order chi connectivity index (χ1) is 10.2. The summed E-state index contributed by atoms with van der Waals surface area (Å²) >= 11 is 0. The van der Waals surface area contributed by atoms with Gasteiger partial charge in [-0.25, -0.2) is 15.8 Å². The van der Waals surface area contributed by atoms with Gasteiger partial charge < -0.3 is 15.1 Å². The molecule has 0 aliphatic rings. The van der Waals surface area contributed by atoms with Gasteiger partial charge in [-0.3, -0.25) is 0 Å². The molecule has 3 N–H and O–H groups in total. The Bertz CT molecular complexity index is 580. The molecule has 0 spiro atoms. The summed E-state index contributed by atoms with van der Waals surface area (Å²) in [6.45, 7) is 2.70. The molecule has 112 valence electrons. The van der Waals surface area contributed by atoms with Gasteiger partial charge in [-0.1, -0.05) is 25.1 Å². The molecule has 0 aliphatic heterocycles. The van der Waals surface area contributed by atoms with Crippen molar-refractivity contribution < 1.29 is 4.74 Å². The number of anilines is 2. The van der Waals surface area contributed by atoms with Gasteiger partial charge in [0.1, 0.15) is 23.2 Å². The number of benzene rings is 1. The molecule has 0 amide bonds. The summed E-state index contributed by atoms with van der Waals surface area (Å²) < 4.78 is 5.38. The van der Waals surface area contributed by atoms with Crippen LogP contribution in [-0.4, -0.2) is 24.1 Å². The fourth-order valence-electron chi connectivity index (χ4n) is 2.08. The van der Waals surface area contributed by atoms with Crippen LogP contribution >= 0.6 is 0 Å². The summed E-state index contributed by atoms with van der Waals surface area (Å²) in [7, 11) is 3.66. The van der Waals surface area contributed by atoms with E-state index in [1.54, 1.807) is 7.11 Å². The molecule has 0 fully saturated rings. The third-order valence-electron chi connectivity index (χ3n) is 3.21. The third kappa shape index (κ3) is 3.61. The Morgan fingerprint density at radius 3 is 2.71 bits per heavy atom. The number of aryl methyl sites for hydroxylation is 1. The molecule has 2 rings (SSSR count). The largest absolute Gasteiger partial charge is 0.496 e. The van der Waals surface area contributed by atoms with E-state index in [2.05, 4.69) is 15.4 Å². The molecule has 21 heavy (non-hydrogen) atoms. The van der Waals surface area contributed by atoms with Crippen LogP contribution in [0.2, 0.25) is 0 Å². The van der Waals surface area contributed by atoms with E-state index in [4.69, 9.17) is 10.6 Å². The second kappa shape index (κ2) is 6.90. The van der Waals surface area contributed by atoms with E-state index < -0.39 is 0 Å². The van der Waals surface area contributed by atoms with Gasteiger partial charge in [-0.2, -0.15) is 0 Å². The molecule has 0 saturated heterocycles. The number of hydrogen-bond donors (Lipinski definition) is 2. The van der Waals surface area contributed by atoms with E-state index in [-0.39, 0.29) is 0 Å². The number of nitrogens with zero attached hydrogens (tertiary/aromatic N) is 3. The third-order valence-corrected chi connectivity index (χ3v) is 3.21. The summed E-state index contributed by atoms with van der Waals surface area (Å²) in [6.07, 6.45) is 0.755. The van der Waals surface area contributed by atoms with Crippen molar-refractivity contribution in [2.45, 2.75) is 19.9 Å². The van der Waals surface area contributed by atoms with Crippen LogP contribution in [0.5, 0.6) is 5.75 Å². The van der Waals surface area contributed by atoms with Crippen LogP contribution in [0.4, 0.5) is 11.6 Å². The van der Waals surface area contributed by atoms with E-state index in [0.29, 0.717) is 12.4 Å². The van der Waals surface area contributed by atoms with Crippen LogP contribution < -0.4 is 20.9 Å². The normalized spacial score (nSPS) is 10.3. The molecular weight excluding hydrogens is 266 g/mol. The smallest absolute Gasteiger partial charge is 0.145 e. The van der Waals surface area contributed by atoms with Crippen LogP contribution in [0, 0.1) is 0 Å². The number of rotatable bonds is 6. The topological polar surface area (TPSA) is 76.3 Å². The van der Waals surface area contributed by atoms with Crippen molar-refractivity contribution in [3.63, 3.8) is 0 Å². The van der Waals surface area contributed by atoms with Crippen molar-refractivity contribution in [2.24, 2.45) is 5.84 Å². The van der Waals surface area contributed by atoms with Crippen LogP contribution in [0.15, 0.2) is 30.3 Å². The van der Waals surface area contributed by atoms with Crippen molar-refractivity contribution in [1.29, 1.82) is 0 Å². The molecule has 0 unspecified atom stereocenters. The van der Waals surface area contributed by atoms with Gasteiger partial charge in [0.15, 0.2) is 0 Å². The standard InChI is InChI=1S/C15H21N5O/c1-4-13-17-14(19-16)9-15(18-13)20(2)10-11-7-5-6-8-12(11)21-3/h5-9H,4,10,16H2,1-3H3,(H,17,18,19). The highest BCUT2D eigenvalue weighted by Gasteiger charge is 2.10. The fraction of sp³-hybridized carbons (Fsp3) is 0.333. The van der Waals surface area contributed by atoms with E-state index in [1.165, 1.54) is 0 Å². The maximum absolute atomic E-state index is 5.46. The summed E-state index contributed by atoms with van der Waals surface area (Å²) in [4.78, 5) is 10.9. The van der Waals surface area contributed by atoms with Crippen molar-refractivity contribution in [3.05, 3.63) is 41.7 Å². The zero-order valence-corrected chi connectivity index (χ0v) is 12.6. The highest BCUT2D eigenvalue weighted by molar-refractivity contribution is 5.49. The predicted molar refractivity (Wildman–Crippen MR) is 84.3 cm³/mol. The van der Waals surface area contributed by atoms with E-state index >= 15 is 0 Å². The number of nitrogen functional groups attached to an aromatic ring is 1. The van der Waals surface area contributed by atoms with Gasteiger partial charge in [0.25, 0.3) is 0 Å². The lowest BCUT2D eigenvalue weighted by atomic mass is 10.2. The first-order valence-electron chi connectivity index (χ1n) is 6.85. The summed E-state index contributed by atoms with van der Waals surface area (Å²) in [5, 5.41) is 0. The molecule has 1 aromatic carbocycles. The van der Waals surface area contributed by atoms with Crippen molar-refractivity contribution in [1.82, 2.24) is 9.97 Å². The van der Waals surface area contributed by atoms with Crippen LogP contribution in [0.3, 0.4) is 0 Å². The maximum Gasteiger partial charge on any atom is 0.145 e. The minimum Gasteiger partial charge on any atom is -0.496 e. The minimum atomic E-state index is 0.615. The first-order valence-corrected chi connectivity index (χ1v) is 6.85. The minimum absolute atomic E-state index is 0.615. The monoisotopic (exact) mass is 287 g/mol. The van der Waals surface area contributed by atoms with Crippen LogP contribution in [0.1, 0.15) is 18.3 Å². The number of nitrogens with one attached hydrogen (secondary N) is 1. The molecule has 0 aliphatic carbocycles. The molecular formula is C15H21N5O. The average Bonchev–Trinajstić information content (AvgIpc) is 2.54.